The predicted molar refractivity (Wildman–Crippen MR) is 90.1 cm³/mol. The number of carbonyl (C=O) groups is 2. The summed E-state index contributed by atoms with van der Waals surface area (Å²) in [6.07, 6.45) is -0.00876. The second kappa shape index (κ2) is 8.82. The van der Waals surface area contributed by atoms with Crippen molar-refractivity contribution >= 4 is 12.1 Å². The Morgan fingerprint density at radius 1 is 1.21 bits per heavy atom. The number of esters is 1. The van der Waals surface area contributed by atoms with E-state index in [2.05, 4.69) is 21.9 Å². The van der Waals surface area contributed by atoms with Crippen molar-refractivity contribution in [1.82, 2.24) is 5.32 Å². The molecule has 6 nitrogen and oxygen atoms in total. The lowest BCUT2D eigenvalue weighted by molar-refractivity contribution is 0.0527. The van der Waals surface area contributed by atoms with E-state index in [1.807, 2.05) is 0 Å². The number of rotatable bonds is 4. The van der Waals surface area contributed by atoms with E-state index >= 15 is 0 Å². The molecule has 1 aromatic rings. The Balaban J connectivity index is 2.60. The number of hydrogen-bond donors (Lipinski definition) is 1. The van der Waals surface area contributed by atoms with Gasteiger partial charge >= 0.3 is 12.1 Å². The minimum atomic E-state index is -0.523. The van der Waals surface area contributed by atoms with Crippen molar-refractivity contribution in [3.63, 3.8) is 0 Å². The summed E-state index contributed by atoms with van der Waals surface area (Å²) in [7, 11) is 2.83. The summed E-state index contributed by atoms with van der Waals surface area (Å²) >= 11 is 0. The van der Waals surface area contributed by atoms with Crippen LogP contribution in [0.5, 0.6) is 5.75 Å². The van der Waals surface area contributed by atoms with Crippen molar-refractivity contribution < 1.29 is 23.8 Å². The van der Waals surface area contributed by atoms with Crippen LogP contribution in [0.4, 0.5) is 4.79 Å². The van der Waals surface area contributed by atoms with Crippen LogP contribution >= 0.6 is 0 Å². The summed E-state index contributed by atoms with van der Waals surface area (Å²) in [5.41, 5.74) is 0.527. The lowest BCUT2D eigenvalue weighted by Crippen LogP contribution is -2.32. The first-order valence-corrected chi connectivity index (χ1v) is 7.49. The molecule has 1 aromatic carbocycles. The molecule has 0 fully saturated rings. The largest absolute Gasteiger partial charge is 0.495 e. The van der Waals surface area contributed by atoms with E-state index < -0.39 is 17.7 Å². The average molecular weight is 333 g/mol. The van der Waals surface area contributed by atoms with E-state index in [1.165, 1.54) is 14.2 Å². The second-order valence-electron chi connectivity index (χ2n) is 5.89. The van der Waals surface area contributed by atoms with Crippen molar-refractivity contribution in [2.45, 2.75) is 32.8 Å². The minimum Gasteiger partial charge on any atom is -0.495 e. The molecule has 130 valence electrons. The highest BCUT2D eigenvalue weighted by molar-refractivity contribution is 5.90. The van der Waals surface area contributed by atoms with E-state index in [0.717, 1.165) is 0 Å². The van der Waals surface area contributed by atoms with Crippen LogP contribution in [0.25, 0.3) is 0 Å². The Kier molecular flexibility index (Phi) is 7.12. The van der Waals surface area contributed by atoms with Gasteiger partial charge in [-0.1, -0.05) is 11.8 Å². The zero-order chi connectivity index (χ0) is 18.2. The zero-order valence-electron chi connectivity index (χ0n) is 14.7. The van der Waals surface area contributed by atoms with Gasteiger partial charge in [0, 0.05) is 13.0 Å². The molecule has 0 radical (unpaired) electrons. The molecular formula is C18H23NO5. The lowest BCUT2D eigenvalue weighted by Gasteiger charge is -2.19. The van der Waals surface area contributed by atoms with E-state index in [1.54, 1.807) is 39.0 Å². The Morgan fingerprint density at radius 3 is 2.50 bits per heavy atom. The molecule has 6 heteroatoms. The maximum absolute atomic E-state index is 11.5. The molecule has 0 heterocycles. The van der Waals surface area contributed by atoms with Crippen LogP contribution in [0, 0.1) is 11.8 Å². The Labute approximate surface area is 142 Å². The van der Waals surface area contributed by atoms with Gasteiger partial charge in [-0.15, -0.1) is 0 Å². The smallest absolute Gasteiger partial charge is 0.407 e. The average Bonchev–Trinajstić information content (AvgIpc) is 2.52. The Hall–Kier alpha value is -2.68. The molecule has 1 amide bonds. The fourth-order valence-electron chi connectivity index (χ4n) is 1.74. The molecule has 0 atom stereocenters. The highest BCUT2D eigenvalue weighted by Crippen LogP contribution is 2.19. The minimum absolute atomic E-state index is 0.379. The van der Waals surface area contributed by atoms with Crippen LogP contribution in [0.3, 0.4) is 0 Å². The lowest BCUT2D eigenvalue weighted by atomic mass is 10.1. The number of hydrogen-bond acceptors (Lipinski definition) is 5. The highest BCUT2D eigenvalue weighted by Gasteiger charge is 2.15. The van der Waals surface area contributed by atoms with Crippen LogP contribution in [-0.4, -0.2) is 38.4 Å². The second-order valence-corrected chi connectivity index (χ2v) is 5.89. The number of carbonyl (C=O) groups excluding carboxylic acids is 2. The summed E-state index contributed by atoms with van der Waals surface area (Å²) in [6.45, 7) is 5.79. The van der Waals surface area contributed by atoms with E-state index in [9.17, 15) is 9.59 Å². The predicted octanol–water partition coefficient (Wildman–Crippen LogP) is 2.75. The van der Waals surface area contributed by atoms with Crippen molar-refractivity contribution in [2.75, 3.05) is 20.8 Å². The maximum atomic E-state index is 11.5. The summed E-state index contributed by atoms with van der Waals surface area (Å²) < 4.78 is 15.0. The van der Waals surface area contributed by atoms with Crippen molar-refractivity contribution in [2.24, 2.45) is 0 Å². The van der Waals surface area contributed by atoms with Crippen molar-refractivity contribution in [1.29, 1.82) is 0 Å². The standard InChI is InChI=1S/C18H23NO5/c1-18(2,3)24-17(21)19-11-7-6-8-13-9-10-14(16(20)23-5)12-15(13)22-4/h9-10,12H,7,11H2,1-5H3,(H,19,21). The van der Waals surface area contributed by atoms with Gasteiger partial charge in [-0.3, -0.25) is 0 Å². The first kappa shape index (κ1) is 19.4. The highest BCUT2D eigenvalue weighted by atomic mass is 16.6. The molecule has 0 saturated heterocycles. The van der Waals surface area contributed by atoms with Gasteiger partial charge in [0.05, 0.1) is 25.3 Å². The van der Waals surface area contributed by atoms with Gasteiger partial charge in [0.25, 0.3) is 0 Å². The van der Waals surface area contributed by atoms with E-state index in [-0.39, 0.29) is 0 Å². The van der Waals surface area contributed by atoms with Gasteiger partial charge in [-0.05, 0) is 39.0 Å². The molecule has 0 spiro atoms. The quantitative estimate of drug-likeness (QED) is 0.521. The van der Waals surface area contributed by atoms with Gasteiger partial charge in [-0.2, -0.15) is 0 Å². The summed E-state index contributed by atoms with van der Waals surface area (Å²) in [5, 5.41) is 2.63. The van der Waals surface area contributed by atoms with Crippen LogP contribution in [0.2, 0.25) is 0 Å². The van der Waals surface area contributed by atoms with Gasteiger partial charge in [0.1, 0.15) is 11.4 Å². The topological polar surface area (TPSA) is 73.9 Å². The van der Waals surface area contributed by atoms with Gasteiger partial charge < -0.3 is 19.5 Å². The monoisotopic (exact) mass is 333 g/mol. The molecule has 24 heavy (non-hydrogen) atoms. The van der Waals surface area contributed by atoms with Crippen LogP contribution in [-0.2, 0) is 9.47 Å². The Bertz CT molecular complexity index is 650. The molecule has 0 unspecified atom stereocenters. The molecule has 0 aliphatic carbocycles. The third-order valence-corrected chi connectivity index (χ3v) is 2.76. The van der Waals surface area contributed by atoms with Crippen LogP contribution < -0.4 is 10.1 Å². The van der Waals surface area contributed by atoms with Gasteiger partial charge in [0.2, 0.25) is 0 Å². The molecule has 1 rings (SSSR count). The number of benzene rings is 1. The van der Waals surface area contributed by atoms with Gasteiger partial charge in [-0.25, -0.2) is 9.59 Å². The molecule has 0 bridgehead atoms. The fourth-order valence-corrected chi connectivity index (χ4v) is 1.74. The Morgan fingerprint density at radius 2 is 1.92 bits per heavy atom. The van der Waals surface area contributed by atoms with E-state index in [0.29, 0.717) is 29.8 Å². The maximum Gasteiger partial charge on any atom is 0.407 e. The molecule has 1 N–H and O–H groups in total. The van der Waals surface area contributed by atoms with Crippen molar-refractivity contribution in [3.05, 3.63) is 29.3 Å². The van der Waals surface area contributed by atoms with Gasteiger partial charge in [0.15, 0.2) is 0 Å². The summed E-state index contributed by atoms with van der Waals surface area (Å²) in [4.78, 5) is 23.0. The molecule has 0 aliphatic rings. The molecule has 0 aliphatic heterocycles. The number of nitrogens with one attached hydrogen (secondary N) is 1. The summed E-state index contributed by atoms with van der Waals surface area (Å²) in [5.74, 6) is 5.95. The SMILES string of the molecule is COC(=O)c1ccc(C#CCCNC(=O)OC(C)(C)C)c(OC)c1. The first-order valence-electron chi connectivity index (χ1n) is 7.49. The number of methoxy groups -OCH3 is 2. The number of amides is 1. The normalized spacial score (nSPS) is 10.2. The van der Waals surface area contributed by atoms with Crippen LogP contribution in [0.1, 0.15) is 43.1 Å². The fraction of sp³-hybridized carbons (Fsp3) is 0.444. The number of ether oxygens (including phenoxy) is 3. The third-order valence-electron chi connectivity index (χ3n) is 2.76. The van der Waals surface area contributed by atoms with Crippen LogP contribution in [0.15, 0.2) is 18.2 Å². The first-order chi connectivity index (χ1) is 11.3. The zero-order valence-corrected chi connectivity index (χ0v) is 14.7. The summed E-state index contributed by atoms with van der Waals surface area (Å²) in [6, 6.07) is 4.89. The number of alkyl carbamates (subject to hydrolysis) is 1. The van der Waals surface area contributed by atoms with E-state index in [4.69, 9.17) is 9.47 Å². The molecule has 0 saturated carbocycles. The molecular weight excluding hydrogens is 310 g/mol. The van der Waals surface area contributed by atoms with Crippen molar-refractivity contribution in [3.8, 4) is 17.6 Å². The molecule has 0 aromatic heterocycles. The third kappa shape index (κ3) is 6.61.